The van der Waals surface area contributed by atoms with Crippen LogP contribution in [0.25, 0.3) is 0 Å². The molecule has 1 aliphatic heterocycles. The van der Waals surface area contributed by atoms with E-state index in [0.29, 0.717) is 16.5 Å². The minimum atomic E-state index is -3.82. The third kappa shape index (κ3) is 3.63. The zero-order chi connectivity index (χ0) is 18.9. The molecule has 0 spiro atoms. The maximum absolute atomic E-state index is 13.2. The standard InChI is InChI=1S/C19H21ClN2O3S/c1-13(2)14-6-8-17(9-7-14)26(24,25)22-11-10-21-19(23)18(22)15-4-3-5-16(20)12-15/h3-9,12-13,18H,10-11H2,1-2H3,(H,21,23). The number of benzene rings is 2. The molecule has 1 fully saturated rings. The van der Waals surface area contributed by atoms with Gasteiger partial charge >= 0.3 is 0 Å². The smallest absolute Gasteiger partial charge is 0.244 e. The largest absolute Gasteiger partial charge is 0.353 e. The van der Waals surface area contributed by atoms with Crippen molar-refractivity contribution in [3.8, 4) is 0 Å². The topological polar surface area (TPSA) is 66.5 Å². The van der Waals surface area contributed by atoms with Crippen LogP contribution < -0.4 is 5.32 Å². The predicted molar refractivity (Wildman–Crippen MR) is 102 cm³/mol. The number of carbonyl (C=O) groups excluding carboxylic acids is 1. The summed E-state index contributed by atoms with van der Waals surface area (Å²) in [5.41, 5.74) is 1.61. The van der Waals surface area contributed by atoms with Crippen molar-refractivity contribution >= 4 is 27.5 Å². The quantitative estimate of drug-likeness (QED) is 0.867. The van der Waals surface area contributed by atoms with E-state index in [4.69, 9.17) is 11.6 Å². The Labute approximate surface area is 159 Å². The first-order valence-electron chi connectivity index (χ1n) is 8.45. The SMILES string of the molecule is CC(C)c1ccc(S(=O)(=O)N2CCNC(=O)C2c2cccc(Cl)c2)cc1. The van der Waals surface area contributed by atoms with Crippen molar-refractivity contribution < 1.29 is 13.2 Å². The van der Waals surface area contributed by atoms with Gasteiger partial charge < -0.3 is 5.32 Å². The monoisotopic (exact) mass is 392 g/mol. The van der Waals surface area contributed by atoms with Crippen LogP contribution in [0.5, 0.6) is 0 Å². The van der Waals surface area contributed by atoms with Crippen molar-refractivity contribution in [2.75, 3.05) is 13.1 Å². The predicted octanol–water partition coefficient (Wildman–Crippen LogP) is 3.33. The molecular formula is C19H21ClN2O3S. The maximum Gasteiger partial charge on any atom is 0.244 e. The van der Waals surface area contributed by atoms with Gasteiger partial charge in [0, 0.05) is 18.1 Å². The van der Waals surface area contributed by atoms with Crippen LogP contribution in [0.3, 0.4) is 0 Å². The lowest BCUT2D eigenvalue weighted by atomic mass is 10.0. The molecule has 0 saturated carbocycles. The fourth-order valence-corrected chi connectivity index (χ4v) is 4.84. The first-order chi connectivity index (χ1) is 12.3. The molecule has 0 radical (unpaired) electrons. The second kappa shape index (κ2) is 7.39. The van der Waals surface area contributed by atoms with Gasteiger partial charge in [-0.3, -0.25) is 4.79 Å². The number of rotatable bonds is 4. The normalized spacial score (nSPS) is 18.8. The number of halogens is 1. The van der Waals surface area contributed by atoms with Crippen LogP contribution in [0.4, 0.5) is 0 Å². The number of piperazine rings is 1. The average Bonchev–Trinajstić information content (AvgIpc) is 2.61. The number of nitrogens with zero attached hydrogens (tertiary/aromatic N) is 1. The van der Waals surface area contributed by atoms with Gasteiger partial charge in [-0.15, -0.1) is 0 Å². The van der Waals surface area contributed by atoms with Crippen molar-refractivity contribution in [2.45, 2.75) is 30.7 Å². The van der Waals surface area contributed by atoms with E-state index >= 15 is 0 Å². The van der Waals surface area contributed by atoms with Gasteiger partial charge in [0.05, 0.1) is 4.90 Å². The molecule has 2 aromatic rings. The maximum atomic E-state index is 13.2. The van der Waals surface area contributed by atoms with E-state index in [9.17, 15) is 13.2 Å². The van der Waals surface area contributed by atoms with Gasteiger partial charge in [0.25, 0.3) is 0 Å². The molecule has 1 saturated heterocycles. The summed E-state index contributed by atoms with van der Waals surface area (Å²) in [5, 5.41) is 3.20. The van der Waals surface area contributed by atoms with Crippen molar-refractivity contribution in [3.05, 3.63) is 64.7 Å². The lowest BCUT2D eigenvalue weighted by Crippen LogP contribution is -2.52. The van der Waals surface area contributed by atoms with E-state index in [-0.39, 0.29) is 23.9 Å². The summed E-state index contributed by atoms with van der Waals surface area (Å²) >= 11 is 6.04. The molecular weight excluding hydrogens is 372 g/mol. The molecule has 1 amide bonds. The zero-order valence-corrected chi connectivity index (χ0v) is 16.2. The molecule has 2 aromatic carbocycles. The molecule has 1 N–H and O–H groups in total. The highest BCUT2D eigenvalue weighted by Gasteiger charge is 2.39. The second-order valence-electron chi connectivity index (χ2n) is 6.59. The fraction of sp³-hybridized carbons (Fsp3) is 0.316. The lowest BCUT2D eigenvalue weighted by molar-refractivity contribution is -0.126. The van der Waals surface area contributed by atoms with Crippen LogP contribution in [-0.2, 0) is 14.8 Å². The highest BCUT2D eigenvalue weighted by Crippen LogP contribution is 2.31. The molecule has 5 nitrogen and oxygen atoms in total. The van der Waals surface area contributed by atoms with E-state index in [2.05, 4.69) is 5.32 Å². The summed E-state index contributed by atoms with van der Waals surface area (Å²) in [5.74, 6) is -0.0346. The van der Waals surface area contributed by atoms with Crippen LogP contribution in [0.15, 0.2) is 53.4 Å². The minimum absolute atomic E-state index is 0.184. The molecule has 0 aliphatic carbocycles. The number of nitrogens with one attached hydrogen (secondary N) is 1. The van der Waals surface area contributed by atoms with Gasteiger partial charge in [-0.2, -0.15) is 4.31 Å². The first kappa shape index (κ1) is 18.9. The molecule has 1 atom stereocenters. The highest BCUT2D eigenvalue weighted by atomic mass is 35.5. The van der Waals surface area contributed by atoms with E-state index in [1.807, 2.05) is 26.0 Å². The summed E-state index contributed by atoms with van der Waals surface area (Å²) in [4.78, 5) is 12.7. The van der Waals surface area contributed by atoms with Crippen molar-refractivity contribution in [2.24, 2.45) is 0 Å². The number of carbonyl (C=O) groups is 1. The number of hydrogen-bond acceptors (Lipinski definition) is 3. The lowest BCUT2D eigenvalue weighted by Gasteiger charge is -2.34. The van der Waals surface area contributed by atoms with E-state index in [0.717, 1.165) is 5.56 Å². The summed E-state index contributed by atoms with van der Waals surface area (Å²) in [6.45, 7) is 4.58. The van der Waals surface area contributed by atoms with Crippen molar-refractivity contribution in [1.29, 1.82) is 0 Å². The minimum Gasteiger partial charge on any atom is -0.353 e. The third-order valence-corrected chi connectivity index (χ3v) is 6.60. The van der Waals surface area contributed by atoms with Gasteiger partial charge in [-0.1, -0.05) is 49.7 Å². The van der Waals surface area contributed by atoms with Gasteiger partial charge in [0.2, 0.25) is 15.9 Å². The molecule has 0 aromatic heterocycles. The first-order valence-corrected chi connectivity index (χ1v) is 10.3. The fourth-order valence-electron chi connectivity index (χ4n) is 3.06. The summed E-state index contributed by atoms with van der Waals surface area (Å²) < 4.78 is 27.6. The summed E-state index contributed by atoms with van der Waals surface area (Å²) in [6.07, 6.45) is 0. The van der Waals surface area contributed by atoms with Crippen LogP contribution in [0.2, 0.25) is 5.02 Å². The highest BCUT2D eigenvalue weighted by molar-refractivity contribution is 7.89. The Morgan fingerprint density at radius 2 is 1.85 bits per heavy atom. The van der Waals surface area contributed by atoms with Gasteiger partial charge in [-0.25, -0.2) is 8.42 Å². The van der Waals surface area contributed by atoms with E-state index in [1.54, 1.807) is 36.4 Å². The Bertz CT molecular complexity index is 911. The molecule has 1 heterocycles. The Hall–Kier alpha value is -1.89. The number of amides is 1. The Balaban J connectivity index is 2.02. The molecule has 0 bridgehead atoms. The van der Waals surface area contributed by atoms with Gasteiger partial charge in [-0.05, 0) is 41.3 Å². The van der Waals surface area contributed by atoms with Crippen LogP contribution >= 0.6 is 11.6 Å². The zero-order valence-electron chi connectivity index (χ0n) is 14.6. The average molecular weight is 393 g/mol. The number of sulfonamides is 1. The van der Waals surface area contributed by atoms with Gasteiger partial charge in [0.15, 0.2) is 0 Å². The third-order valence-electron chi connectivity index (χ3n) is 4.49. The molecule has 1 unspecified atom stereocenters. The summed E-state index contributed by atoms with van der Waals surface area (Å²) in [6, 6.07) is 12.6. The Morgan fingerprint density at radius 3 is 2.46 bits per heavy atom. The van der Waals surface area contributed by atoms with E-state index < -0.39 is 16.1 Å². The molecule has 7 heteroatoms. The molecule has 3 rings (SSSR count). The number of hydrogen-bond donors (Lipinski definition) is 1. The summed E-state index contributed by atoms with van der Waals surface area (Å²) in [7, 11) is -3.82. The van der Waals surface area contributed by atoms with Crippen molar-refractivity contribution in [1.82, 2.24) is 9.62 Å². The van der Waals surface area contributed by atoms with Crippen LogP contribution in [0.1, 0.15) is 36.9 Å². The van der Waals surface area contributed by atoms with Crippen LogP contribution in [0, 0.1) is 0 Å². The molecule has 26 heavy (non-hydrogen) atoms. The van der Waals surface area contributed by atoms with E-state index in [1.165, 1.54) is 4.31 Å². The van der Waals surface area contributed by atoms with Gasteiger partial charge in [0.1, 0.15) is 6.04 Å². The molecule has 1 aliphatic rings. The Kier molecular flexibility index (Phi) is 5.37. The molecule has 138 valence electrons. The second-order valence-corrected chi connectivity index (χ2v) is 8.92. The van der Waals surface area contributed by atoms with Crippen molar-refractivity contribution in [3.63, 3.8) is 0 Å². The van der Waals surface area contributed by atoms with Crippen LogP contribution in [-0.4, -0.2) is 31.7 Å². The Morgan fingerprint density at radius 1 is 1.15 bits per heavy atom.